The number of hydrogen-bond donors (Lipinski definition) is 0. The molecule has 0 radical (unpaired) electrons. The minimum absolute atomic E-state index is 0.0111. The van der Waals surface area contributed by atoms with Crippen LogP contribution in [0.4, 0.5) is 0 Å². The van der Waals surface area contributed by atoms with Gasteiger partial charge in [-0.1, -0.05) is 12.5 Å². The molecule has 0 saturated carbocycles. The van der Waals surface area contributed by atoms with E-state index in [2.05, 4.69) is 15.9 Å². The third-order valence-corrected chi connectivity index (χ3v) is 8.42. The first-order valence-electron chi connectivity index (χ1n) is 8.90. The molecule has 146 valence electrons. The van der Waals surface area contributed by atoms with Gasteiger partial charge in [-0.2, -0.15) is 4.31 Å². The van der Waals surface area contributed by atoms with Crippen LogP contribution in [0.2, 0.25) is 0 Å². The Morgan fingerprint density at radius 2 is 2.07 bits per heavy atom. The summed E-state index contributed by atoms with van der Waals surface area (Å²) < 4.78 is 28.6. The SMILES string of the molecule is CC1CCCCN1S(=O)(=O)c1cccc(C(=O)N(C)Cc2ccc(Br)s2)c1. The number of carbonyl (C=O) groups excluding carboxylic acids is 1. The first-order valence-corrected chi connectivity index (χ1v) is 12.0. The summed E-state index contributed by atoms with van der Waals surface area (Å²) in [6.45, 7) is 2.96. The van der Waals surface area contributed by atoms with Crippen LogP contribution in [0.1, 0.15) is 41.4 Å². The molecule has 1 aromatic heterocycles. The molecule has 1 aliphatic heterocycles. The summed E-state index contributed by atoms with van der Waals surface area (Å²) in [6.07, 6.45) is 2.80. The Labute approximate surface area is 173 Å². The maximum absolute atomic E-state index is 13.0. The number of amides is 1. The van der Waals surface area contributed by atoms with Crippen molar-refractivity contribution < 1.29 is 13.2 Å². The molecule has 0 spiro atoms. The lowest BCUT2D eigenvalue weighted by atomic mass is 10.1. The largest absolute Gasteiger partial charge is 0.337 e. The summed E-state index contributed by atoms with van der Waals surface area (Å²) in [5.41, 5.74) is 0.388. The van der Waals surface area contributed by atoms with Crippen LogP contribution in [-0.4, -0.2) is 43.2 Å². The van der Waals surface area contributed by atoms with E-state index in [0.717, 1.165) is 27.9 Å². The van der Waals surface area contributed by atoms with Crippen molar-refractivity contribution in [3.63, 3.8) is 0 Å². The van der Waals surface area contributed by atoms with E-state index in [-0.39, 0.29) is 16.8 Å². The van der Waals surface area contributed by atoms with Gasteiger partial charge >= 0.3 is 0 Å². The number of hydrogen-bond acceptors (Lipinski definition) is 4. The highest BCUT2D eigenvalue weighted by Gasteiger charge is 2.31. The topological polar surface area (TPSA) is 57.7 Å². The molecular formula is C19H23BrN2O3S2. The maximum Gasteiger partial charge on any atom is 0.253 e. The summed E-state index contributed by atoms with van der Waals surface area (Å²) in [5, 5.41) is 0. The van der Waals surface area contributed by atoms with Crippen molar-refractivity contribution in [2.75, 3.05) is 13.6 Å². The summed E-state index contributed by atoms with van der Waals surface area (Å²) in [4.78, 5) is 15.6. The van der Waals surface area contributed by atoms with Gasteiger partial charge in [0.1, 0.15) is 0 Å². The first kappa shape index (κ1) is 20.5. The maximum atomic E-state index is 13.0. The average molecular weight is 471 g/mol. The summed E-state index contributed by atoms with van der Waals surface area (Å²) in [6, 6.07) is 10.3. The zero-order valence-corrected chi connectivity index (χ0v) is 18.6. The fourth-order valence-electron chi connectivity index (χ4n) is 3.32. The van der Waals surface area contributed by atoms with Crippen molar-refractivity contribution in [1.29, 1.82) is 0 Å². The predicted molar refractivity (Wildman–Crippen MR) is 111 cm³/mol. The lowest BCUT2D eigenvalue weighted by molar-refractivity contribution is 0.0786. The number of sulfonamides is 1. The zero-order chi connectivity index (χ0) is 19.6. The van der Waals surface area contributed by atoms with Crippen LogP contribution in [0.25, 0.3) is 0 Å². The van der Waals surface area contributed by atoms with E-state index in [0.29, 0.717) is 18.7 Å². The van der Waals surface area contributed by atoms with Crippen LogP contribution < -0.4 is 0 Å². The fraction of sp³-hybridized carbons (Fsp3) is 0.421. The third kappa shape index (κ3) is 4.62. The van der Waals surface area contributed by atoms with Crippen LogP contribution in [0, 0.1) is 0 Å². The van der Waals surface area contributed by atoms with Gasteiger partial charge in [0, 0.05) is 30.1 Å². The number of halogens is 1. The van der Waals surface area contributed by atoms with E-state index in [1.54, 1.807) is 45.8 Å². The average Bonchev–Trinajstić information content (AvgIpc) is 3.06. The van der Waals surface area contributed by atoms with Crippen LogP contribution in [0.5, 0.6) is 0 Å². The molecule has 1 amide bonds. The second-order valence-corrected chi connectivity index (χ2v) is 11.3. The molecule has 1 fully saturated rings. The van der Waals surface area contributed by atoms with Crippen LogP contribution >= 0.6 is 27.3 Å². The predicted octanol–water partition coefficient (Wildman–Crippen LogP) is 4.35. The molecule has 0 N–H and O–H groups in total. The second kappa shape index (κ2) is 8.43. The van der Waals surface area contributed by atoms with E-state index in [1.807, 2.05) is 19.1 Å². The minimum atomic E-state index is -3.59. The van der Waals surface area contributed by atoms with Crippen molar-refractivity contribution in [1.82, 2.24) is 9.21 Å². The summed E-state index contributed by atoms with van der Waals surface area (Å²) >= 11 is 5.00. The van der Waals surface area contributed by atoms with E-state index in [9.17, 15) is 13.2 Å². The number of rotatable bonds is 5. The lowest BCUT2D eigenvalue weighted by Gasteiger charge is -2.32. The number of benzene rings is 1. The monoisotopic (exact) mass is 470 g/mol. The zero-order valence-electron chi connectivity index (χ0n) is 15.4. The van der Waals surface area contributed by atoms with Crippen molar-refractivity contribution in [3.8, 4) is 0 Å². The molecule has 1 unspecified atom stereocenters. The number of nitrogens with zero attached hydrogens (tertiary/aromatic N) is 2. The first-order chi connectivity index (χ1) is 12.8. The number of thiophene rings is 1. The van der Waals surface area contributed by atoms with Gasteiger partial charge in [0.2, 0.25) is 10.0 Å². The molecule has 1 aromatic carbocycles. The van der Waals surface area contributed by atoms with Gasteiger partial charge in [-0.15, -0.1) is 11.3 Å². The van der Waals surface area contributed by atoms with Crippen LogP contribution in [-0.2, 0) is 16.6 Å². The Kier molecular flexibility index (Phi) is 6.40. The molecule has 3 rings (SSSR count). The standard InChI is InChI=1S/C19H23BrN2O3S2/c1-14-6-3-4-11-22(14)27(24,25)17-8-5-7-15(12-17)19(23)21(2)13-16-9-10-18(20)26-16/h5,7-10,12,14H,3-4,6,11,13H2,1-2H3. The van der Waals surface area contributed by atoms with Crippen molar-refractivity contribution >= 4 is 43.2 Å². The van der Waals surface area contributed by atoms with Crippen LogP contribution in [0.15, 0.2) is 45.1 Å². The number of carbonyl (C=O) groups is 1. The molecule has 8 heteroatoms. The molecular weight excluding hydrogens is 448 g/mol. The second-order valence-electron chi connectivity index (χ2n) is 6.86. The number of piperidine rings is 1. The Bertz CT molecular complexity index is 927. The van der Waals surface area contributed by atoms with E-state index in [1.165, 1.54) is 6.07 Å². The van der Waals surface area contributed by atoms with Crippen molar-refractivity contribution in [2.45, 2.75) is 43.7 Å². The van der Waals surface area contributed by atoms with Gasteiger partial charge in [0.15, 0.2) is 0 Å². The van der Waals surface area contributed by atoms with Gasteiger partial charge in [-0.25, -0.2) is 8.42 Å². The molecule has 0 aliphatic carbocycles. The molecule has 27 heavy (non-hydrogen) atoms. The molecule has 1 saturated heterocycles. The van der Waals surface area contributed by atoms with Gasteiger partial charge in [0.05, 0.1) is 15.2 Å². The fourth-order valence-corrected chi connectivity index (χ4v) is 6.60. The molecule has 2 aromatic rings. The summed E-state index contributed by atoms with van der Waals surface area (Å²) in [7, 11) is -1.86. The lowest BCUT2D eigenvalue weighted by Crippen LogP contribution is -2.42. The highest BCUT2D eigenvalue weighted by molar-refractivity contribution is 9.11. The Morgan fingerprint density at radius 1 is 1.30 bits per heavy atom. The normalized spacial score (nSPS) is 18.4. The van der Waals surface area contributed by atoms with Crippen LogP contribution in [0.3, 0.4) is 0 Å². The molecule has 1 aliphatic rings. The smallest absolute Gasteiger partial charge is 0.253 e. The highest BCUT2D eigenvalue weighted by Crippen LogP contribution is 2.26. The van der Waals surface area contributed by atoms with Gasteiger partial charge in [-0.3, -0.25) is 4.79 Å². The van der Waals surface area contributed by atoms with Gasteiger partial charge in [0.25, 0.3) is 5.91 Å². The molecule has 5 nitrogen and oxygen atoms in total. The Morgan fingerprint density at radius 3 is 2.74 bits per heavy atom. The molecule has 0 bridgehead atoms. The quantitative estimate of drug-likeness (QED) is 0.652. The van der Waals surface area contributed by atoms with Gasteiger partial charge < -0.3 is 4.90 Å². The highest BCUT2D eigenvalue weighted by atomic mass is 79.9. The third-order valence-electron chi connectivity index (χ3n) is 4.80. The van der Waals surface area contributed by atoms with Gasteiger partial charge in [-0.05, 0) is 66.0 Å². The molecule has 2 heterocycles. The van der Waals surface area contributed by atoms with E-state index >= 15 is 0 Å². The van der Waals surface area contributed by atoms with Crippen molar-refractivity contribution in [3.05, 3.63) is 50.6 Å². The van der Waals surface area contributed by atoms with Crippen molar-refractivity contribution in [2.24, 2.45) is 0 Å². The molecule has 1 atom stereocenters. The van der Waals surface area contributed by atoms with E-state index < -0.39 is 10.0 Å². The summed E-state index contributed by atoms with van der Waals surface area (Å²) in [5.74, 6) is -0.191. The van der Waals surface area contributed by atoms with E-state index in [4.69, 9.17) is 0 Å². The Hall–Kier alpha value is -1.22. The minimum Gasteiger partial charge on any atom is -0.337 e. The Balaban J connectivity index is 1.81.